The lowest BCUT2D eigenvalue weighted by Crippen LogP contribution is -2.17. The van der Waals surface area contributed by atoms with Crippen LogP contribution in [-0.4, -0.2) is 17.2 Å². The number of hydrogen-bond donors (Lipinski definition) is 2. The average molecular weight is 388 g/mol. The largest absolute Gasteiger partial charge is 0.507 e. The number of hydrogen-bond acceptors (Lipinski definition) is 3. The quantitative estimate of drug-likeness (QED) is 0.611. The van der Waals surface area contributed by atoms with Crippen molar-refractivity contribution in [3.8, 4) is 5.75 Å². The Labute approximate surface area is 139 Å². The maximum absolute atomic E-state index is 11.9. The predicted molar refractivity (Wildman–Crippen MR) is 87.3 cm³/mol. The van der Waals surface area contributed by atoms with Crippen LogP contribution in [0.1, 0.15) is 15.9 Å². The Hall–Kier alpha value is -1.56. The number of phenolic OH excluding ortho intramolecular Hbond substituents is 1. The van der Waals surface area contributed by atoms with Gasteiger partial charge in [-0.2, -0.15) is 5.10 Å². The van der Waals surface area contributed by atoms with Crippen molar-refractivity contribution in [2.24, 2.45) is 5.10 Å². The standard InChI is InChI=1S/C14H9BrCl2N2O2/c15-9-2-4-11(13(20)5-9)14(21)19-18-7-8-1-3-10(16)6-12(8)17/h1-7,20H,(H,19,21)/b18-7+. The molecule has 0 spiro atoms. The highest BCUT2D eigenvalue weighted by atomic mass is 79.9. The molecule has 0 saturated carbocycles. The van der Waals surface area contributed by atoms with Crippen LogP contribution in [0.3, 0.4) is 0 Å². The summed E-state index contributed by atoms with van der Waals surface area (Å²) >= 11 is 14.9. The van der Waals surface area contributed by atoms with Gasteiger partial charge in [0.05, 0.1) is 16.8 Å². The van der Waals surface area contributed by atoms with Gasteiger partial charge in [-0.25, -0.2) is 5.43 Å². The Balaban J connectivity index is 2.08. The summed E-state index contributed by atoms with van der Waals surface area (Å²) in [5.41, 5.74) is 3.05. The maximum Gasteiger partial charge on any atom is 0.275 e. The highest BCUT2D eigenvalue weighted by Crippen LogP contribution is 2.22. The highest BCUT2D eigenvalue weighted by molar-refractivity contribution is 9.10. The fourth-order valence-corrected chi connectivity index (χ4v) is 2.33. The van der Waals surface area contributed by atoms with Crippen molar-refractivity contribution in [3.05, 3.63) is 62.0 Å². The maximum atomic E-state index is 11.9. The van der Waals surface area contributed by atoms with Crippen LogP contribution < -0.4 is 5.43 Å². The Bertz CT molecular complexity index is 720. The fourth-order valence-electron chi connectivity index (χ4n) is 1.52. The average Bonchev–Trinajstić information content (AvgIpc) is 2.41. The van der Waals surface area contributed by atoms with Gasteiger partial charge in [0, 0.05) is 15.1 Å². The second-order valence-electron chi connectivity index (χ2n) is 4.03. The summed E-state index contributed by atoms with van der Waals surface area (Å²) in [4.78, 5) is 11.9. The van der Waals surface area contributed by atoms with Crippen molar-refractivity contribution < 1.29 is 9.90 Å². The molecule has 2 rings (SSSR count). The molecule has 4 nitrogen and oxygen atoms in total. The molecule has 0 radical (unpaired) electrons. The van der Waals surface area contributed by atoms with E-state index >= 15 is 0 Å². The van der Waals surface area contributed by atoms with Crippen molar-refractivity contribution >= 4 is 51.3 Å². The van der Waals surface area contributed by atoms with E-state index in [1.165, 1.54) is 18.3 Å². The summed E-state index contributed by atoms with van der Waals surface area (Å²) in [6.07, 6.45) is 1.40. The molecule has 2 aromatic rings. The number of rotatable bonds is 3. The normalized spacial score (nSPS) is 10.8. The number of phenols is 1. The zero-order valence-corrected chi connectivity index (χ0v) is 13.6. The van der Waals surface area contributed by atoms with Gasteiger partial charge in [-0.05, 0) is 30.3 Å². The number of amides is 1. The minimum Gasteiger partial charge on any atom is -0.507 e. The van der Waals surface area contributed by atoms with Crippen molar-refractivity contribution in [1.82, 2.24) is 5.43 Å². The summed E-state index contributed by atoms with van der Waals surface area (Å²) in [6, 6.07) is 9.48. The van der Waals surface area contributed by atoms with E-state index in [9.17, 15) is 9.90 Å². The van der Waals surface area contributed by atoms with E-state index in [0.29, 0.717) is 20.1 Å². The third-order valence-corrected chi connectivity index (χ3v) is 3.59. The smallest absolute Gasteiger partial charge is 0.275 e. The molecule has 0 aliphatic rings. The van der Waals surface area contributed by atoms with Crippen LogP contribution in [-0.2, 0) is 0 Å². The number of nitrogens with one attached hydrogen (secondary N) is 1. The van der Waals surface area contributed by atoms with Crippen LogP contribution in [0.25, 0.3) is 0 Å². The van der Waals surface area contributed by atoms with Crippen LogP contribution in [0, 0.1) is 0 Å². The molecule has 2 N–H and O–H groups in total. The number of halogens is 3. The van der Waals surface area contributed by atoms with Gasteiger partial charge in [0.25, 0.3) is 5.91 Å². The van der Waals surface area contributed by atoms with Crippen LogP contribution in [0.15, 0.2) is 46.0 Å². The summed E-state index contributed by atoms with van der Waals surface area (Å²) in [6.45, 7) is 0. The molecule has 108 valence electrons. The Kier molecular flexibility index (Phi) is 5.22. The topological polar surface area (TPSA) is 61.7 Å². The number of aromatic hydroxyl groups is 1. The van der Waals surface area contributed by atoms with Gasteiger partial charge in [-0.3, -0.25) is 4.79 Å². The van der Waals surface area contributed by atoms with E-state index in [1.807, 2.05) is 0 Å². The summed E-state index contributed by atoms with van der Waals surface area (Å²) < 4.78 is 0.674. The lowest BCUT2D eigenvalue weighted by Gasteiger charge is -2.03. The van der Waals surface area contributed by atoms with Crippen molar-refractivity contribution in [1.29, 1.82) is 0 Å². The molecule has 0 heterocycles. The number of benzene rings is 2. The fraction of sp³-hybridized carbons (Fsp3) is 0. The van der Waals surface area contributed by atoms with Gasteiger partial charge < -0.3 is 5.11 Å². The Morgan fingerprint density at radius 2 is 2.00 bits per heavy atom. The minimum absolute atomic E-state index is 0.123. The van der Waals surface area contributed by atoms with Gasteiger partial charge >= 0.3 is 0 Å². The first kappa shape index (κ1) is 15.8. The SMILES string of the molecule is O=C(N/N=C/c1ccc(Cl)cc1Cl)c1ccc(Br)cc1O. The molecular formula is C14H9BrCl2N2O2. The third-order valence-electron chi connectivity index (χ3n) is 2.54. The zero-order valence-electron chi connectivity index (χ0n) is 10.5. The molecule has 0 unspecified atom stereocenters. The van der Waals surface area contributed by atoms with Gasteiger partial charge in [-0.1, -0.05) is 45.2 Å². The Morgan fingerprint density at radius 3 is 2.67 bits per heavy atom. The first-order valence-electron chi connectivity index (χ1n) is 5.74. The van der Waals surface area contributed by atoms with E-state index < -0.39 is 5.91 Å². The molecule has 0 atom stereocenters. The van der Waals surface area contributed by atoms with E-state index in [2.05, 4.69) is 26.5 Å². The predicted octanol–water partition coefficient (Wildman–Crippen LogP) is 4.23. The summed E-state index contributed by atoms with van der Waals surface area (Å²) in [5, 5.41) is 14.4. The molecule has 0 aliphatic heterocycles. The van der Waals surface area contributed by atoms with E-state index in [-0.39, 0.29) is 11.3 Å². The minimum atomic E-state index is -0.527. The lowest BCUT2D eigenvalue weighted by molar-refractivity contribution is 0.0952. The van der Waals surface area contributed by atoms with Crippen LogP contribution >= 0.6 is 39.1 Å². The molecule has 0 aliphatic carbocycles. The van der Waals surface area contributed by atoms with E-state index in [4.69, 9.17) is 23.2 Å². The zero-order chi connectivity index (χ0) is 15.4. The number of nitrogens with zero attached hydrogens (tertiary/aromatic N) is 1. The number of hydrazone groups is 1. The molecule has 0 fully saturated rings. The molecular weight excluding hydrogens is 379 g/mol. The first-order chi connectivity index (χ1) is 9.97. The van der Waals surface area contributed by atoms with Crippen LogP contribution in [0.5, 0.6) is 5.75 Å². The van der Waals surface area contributed by atoms with Gasteiger partial charge in [0.1, 0.15) is 5.75 Å². The molecule has 1 amide bonds. The molecule has 0 bridgehead atoms. The molecule has 7 heteroatoms. The van der Waals surface area contributed by atoms with Crippen molar-refractivity contribution in [3.63, 3.8) is 0 Å². The number of carbonyl (C=O) groups is 1. The van der Waals surface area contributed by atoms with Crippen LogP contribution in [0.2, 0.25) is 10.0 Å². The Morgan fingerprint density at radius 1 is 1.24 bits per heavy atom. The van der Waals surface area contributed by atoms with Crippen molar-refractivity contribution in [2.45, 2.75) is 0 Å². The number of carbonyl (C=O) groups excluding carboxylic acids is 1. The molecule has 0 saturated heterocycles. The van der Waals surface area contributed by atoms with E-state index in [0.717, 1.165) is 0 Å². The second-order valence-corrected chi connectivity index (χ2v) is 5.79. The van der Waals surface area contributed by atoms with Crippen LogP contribution in [0.4, 0.5) is 0 Å². The highest BCUT2D eigenvalue weighted by Gasteiger charge is 2.10. The van der Waals surface area contributed by atoms with Gasteiger partial charge in [0.2, 0.25) is 0 Å². The summed E-state index contributed by atoms with van der Waals surface area (Å²) in [7, 11) is 0. The first-order valence-corrected chi connectivity index (χ1v) is 7.29. The monoisotopic (exact) mass is 386 g/mol. The van der Waals surface area contributed by atoms with Gasteiger partial charge in [-0.15, -0.1) is 0 Å². The second kappa shape index (κ2) is 6.93. The summed E-state index contributed by atoms with van der Waals surface area (Å²) in [5.74, 6) is -0.664. The third kappa shape index (κ3) is 4.20. The molecule has 0 aromatic heterocycles. The van der Waals surface area contributed by atoms with Gasteiger partial charge in [0.15, 0.2) is 0 Å². The molecule has 21 heavy (non-hydrogen) atoms. The lowest BCUT2D eigenvalue weighted by atomic mass is 10.2. The van der Waals surface area contributed by atoms with Crippen molar-refractivity contribution in [2.75, 3.05) is 0 Å². The van der Waals surface area contributed by atoms with E-state index in [1.54, 1.807) is 24.3 Å². The molecule has 2 aromatic carbocycles.